The second kappa shape index (κ2) is 2.53. The van der Waals surface area contributed by atoms with Gasteiger partial charge in [0, 0.05) is 0 Å². The van der Waals surface area contributed by atoms with Crippen LogP contribution in [-0.2, 0) is 0 Å². The molecule has 0 fully saturated rings. The fourth-order valence-electron chi connectivity index (χ4n) is 0.782. The summed E-state index contributed by atoms with van der Waals surface area (Å²) >= 11 is 0. The number of hydrogen-bond donors (Lipinski definition) is 1. The molecule has 1 N–H and O–H groups in total. The second-order valence-electron chi connectivity index (χ2n) is 2.10. The molecule has 1 aliphatic carbocycles. The Morgan fingerprint density at radius 1 is 1.56 bits per heavy atom. The summed E-state index contributed by atoms with van der Waals surface area (Å²) in [5, 5.41) is 8.97. The molecule has 0 aromatic rings. The molecule has 0 spiro atoms. The van der Waals surface area contributed by atoms with Crippen LogP contribution in [0.5, 0.6) is 0 Å². The van der Waals surface area contributed by atoms with Gasteiger partial charge in [0.25, 0.3) is 0 Å². The van der Waals surface area contributed by atoms with Crippen molar-refractivity contribution in [1.82, 2.24) is 0 Å². The third-order valence-corrected chi connectivity index (χ3v) is 1.35. The summed E-state index contributed by atoms with van der Waals surface area (Å²) in [5.74, 6) is 0.426. The molecule has 0 unspecified atom stereocenters. The molecular formula is C8H10O. The Morgan fingerprint density at radius 2 is 2.33 bits per heavy atom. The lowest BCUT2D eigenvalue weighted by Gasteiger charge is -2.01. The van der Waals surface area contributed by atoms with Gasteiger partial charge in [-0.1, -0.05) is 24.3 Å². The van der Waals surface area contributed by atoms with Crippen LogP contribution in [0.4, 0.5) is 0 Å². The lowest BCUT2D eigenvalue weighted by Crippen LogP contribution is -1.84. The monoisotopic (exact) mass is 122 g/mol. The molecule has 0 bridgehead atoms. The van der Waals surface area contributed by atoms with Gasteiger partial charge >= 0.3 is 0 Å². The number of hydrogen-bond acceptors (Lipinski definition) is 1. The average molecular weight is 122 g/mol. The van der Waals surface area contributed by atoms with E-state index in [4.69, 9.17) is 5.11 Å². The Balaban J connectivity index is 2.78. The van der Waals surface area contributed by atoms with Crippen LogP contribution in [0.3, 0.4) is 0 Å². The zero-order valence-corrected chi connectivity index (χ0v) is 5.46. The molecule has 0 saturated carbocycles. The first kappa shape index (κ1) is 6.14. The third-order valence-electron chi connectivity index (χ3n) is 1.35. The van der Waals surface area contributed by atoms with E-state index in [1.807, 2.05) is 24.3 Å². The van der Waals surface area contributed by atoms with Crippen LogP contribution in [0.15, 0.2) is 35.6 Å². The second-order valence-corrected chi connectivity index (χ2v) is 2.10. The minimum absolute atomic E-state index is 0.426. The number of allylic oxidation sites excluding steroid dienone is 6. The maximum Gasteiger partial charge on any atom is 0.0926 e. The molecule has 0 saturated heterocycles. The summed E-state index contributed by atoms with van der Waals surface area (Å²) < 4.78 is 0. The van der Waals surface area contributed by atoms with E-state index in [0.29, 0.717) is 5.76 Å². The third kappa shape index (κ3) is 1.46. The summed E-state index contributed by atoms with van der Waals surface area (Å²) in [7, 11) is 0. The van der Waals surface area contributed by atoms with Crippen LogP contribution in [0.1, 0.15) is 13.3 Å². The first-order chi connectivity index (χ1) is 4.30. The minimum atomic E-state index is 0.426. The fraction of sp³-hybridized carbons (Fsp3) is 0.250. The van der Waals surface area contributed by atoms with Crippen molar-refractivity contribution in [2.75, 3.05) is 0 Å². The number of aliphatic hydroxyl groups excluding tert-OH is 1. The molecule has 0 aromatic carbocycles. The van der Waals surface area contributed by atoms with Gasteiger partial charge in [-0.05, 0) is 18.9 Å². The summed E-state index contributed by atoms with van der Waals surface area (Å²) in [6.07, 6.45) is 8.72. The molecule has 1 nitrogen and oxygen atoms in total. The predicted octanol–water partition coefficient (Wildman–Crippen LogP) is 2.33. The molecule has 0 aromatic heterocycles. The van der Waals surface area contributed by atoms with E-state index >= 15 is 0 Å². The molecule has 0 radical (unpaired) electrons. The molecular weight excluding hydrogens is 112 g/mol. The average Bonchev–Trinajstić information content (AvgIpc) is 1.90. The lowest BCUT2D eigenvalue weighted by atomic mass is 10.1. The van der Waals surface area contributed by atoms with E-state index < -0.39 is 0 Å². The van der Waals surface area contributed by atoms with Gasteiger partial charge in [-0.2, -0.15) is 0 Å². The Kier molecular flexibility index (Phi) is 1.73. The molecule has 48 valence electrons. The topological polar surface area (TPSA) is 20.2 Å². The van der Waals surface area contributed by atoms with Gasteiger partial charge in [-0.3, -0.25) is 0 Å². The summed E-state index contributed by atoms with van der Waals surface area (Å²) in [6.45, 7) is 1.71. The van der Waals surface area contributed by atoms with Crippen molar-refractivity contribution < 1.29 is 5.11 Å². The van der Waals surface area contributed by atoms with E-state index in [-0.39, 0.29) is 0 Å². The van der Waals surface area contributed by atoms with Gasteiger partial charge < -0.3 is 5.11 Å². The van der Waals surface area contributed by atoms with E-state index in [1.54, 1.807) is 6.92 Å². The molecule has 0 heterocycles. The fourth-order valence-corrected chi connectivity index (χ4v) is 0.782. The van der Waals surface area contributed by atoms with Crippen molar-refractivity contribution in [3.05, 3.63) is 35.6 Å². The summed E-state index contributed by atoms with van der Waals surface area (Å²) in [6, 6.07) is 0. The summed E-state index contributed by atoms with van der Waals surface area (Å²) in [4.78, 5) is 0. The highest BCUT2D eigenvalue weighted by atomic mass is 16.3. The van der Waals surface area contributed by atoms with Crippen molar-refractivity contribution in [2.24, 2.45) is 0 Å². The highest BCUT2D eigenvalue weighted by Gasteiger charge is 1.95. The normalized spacial score (nSPS) is 22.3. The van der Waals surface area contributed by atoms with Crippen LogP contribution in [0, 0.1) is 0 Å². The minimum Gasteiger partial charge on any atom is -0.512 e. The van der Waals surface area contributed by atoms with E-state index in [1.165, 1.54) is 0 Å². The zero-order valence-electron chi connectivity index (χ0n) is 5.46. The Morgan fingerprint density at radius 3 is 2.67 bits per heavy atom. The number of rotatable bonds is 0. The van der Waals surface area contributed by atoms with Crippen molar-refractivity contribution in [1.29, 1.82) is 0 Å². The van der Waals surface area contributed by atoms with E-state index in [2.05, 4.69) is 0 Å². The molecule has 0 amide bonds. The van der Waals surface area contributed by atoms with Crippen molar-refractivity contribution in [2.45, 2.75) is 13.3 Å². The largest absolute Gasteiger partial charge is 0.512 e. The Bertz CT molecular complexity index is 181. The quantitative estimate of drug-likeness (QED) is 0.489. The highest BCUT2D eigenvalue weighted by molar-refractivity contribution is 5.30. The van der Waals surface area contributed by atoms with Gasteiger partial charge in [0.15, 0.2) is 0 Å². The van der Waals surface area contributed by atoms with E-state index in [0.717, 1.165) is 12.0 Å². The molecule has 1 aliphatic rings. The molecule has 9 heavy (non-hydrogen) atoms. The lowest BCUT2D eigenvalue weighted by molar-refractivity contribution is 0.408. The number of aliphatic hydroxyl groups is 1. The van der Waals surface area contributed by atoms with Crippen molar-refractivity contribution >= 4 is 0 Å². The Hall–Kier alpha value is -0.980. The van der Waals surface area contributed by atoms with Crippen LogP contribution >= 0.6 is 0 Å². The van der Waals surface area contributed by atoms with Crippen LogP contribution < -0.4 is 0 Å². The maximum atomic E-state index is 8.97. The van der Waals surface area contributed by atoms with Gasteiger partial charge in [0.2, 0.25) is 0 Å². The first-order valence-electron chi connectivity index (χ1n) is 3.02. The van der Waals surface area contributed by atoms with Gasteiger partial charge in [0.1, 0.15) is 0 Å². The molecule has 0 aliphatic heterocycles. The van der Waals surface area contributed by atoms with Gasteiger partial charge in [-0.25, -0.2) is 0 Å². The van der Waals surface area contributed by atoms with Gasteiger partial charge in [-0.15, -0.1) is 0 Å². The first-order valence-corrected chi connectivity index (χ1v) is 3.02. The van der Waals surface area contributed by atoms with Crippen molar-refractivity contribution in [3.8, 4) is 0 Å². The molecule has 0 atom stereocenters. The summed E-state index contributed by atoms with van der Waals surface area (Å²) in [5.41, 5.74) is 1.01. The highest BCUT2D eigenvalue weighted by Crippen LogP contribution is 2.12. The zero-order chi connectivity index (χ0) is 6.69. The van der Waals surface area contributed by atoms with Crippen LogP contribution in [0.2, 0.25) is 0 Å². The SMILES string of the molecule is C/C(O)=C1\C=CC=CC1. The van der Waals surface area contributed by atoms with E-state index in [9.17, 15) is 0 Å². The van der Waals surface area contributed by atoms with Crippen LogP contribution in [-0.4, -0.2) is 5.11 Å². The van der Waals surface area contributed by atoms with Crippen molar-refractivity contribution in [3.63, 3.8) is 0 Å². The molecule has 1 heteroatoms. The Labute approximate surface area is 55.0 Å². The maximum absolute atomic E-state index is 8.97. The predicted molar refractivity (Wildman–Crippen MR) is 38.2 cm³/mol. The standard InChI is InChI=1S/C8H10O/c1-7(9)8-5-3-2-4-6-8/h2-5,9H,6H2,1H3/b8-7-. The van der Waals surface area contributed by atoms with Crippen LogP contribution in [0.25, 0.3) is 0 Å². The smallest absolute Gasteiger partial charge is 0.0926 e. The molecule has 1 rings (SSSR count). The van der Waals surface area contributed by atoms with Gasteiger partial charge in [0.05, 0.1) is 5.76 Å².